The number of hydrogen-bond acceptors (Lipinski definition) is 3. The molecule has 2 rings (SSSR count). The molecule has 118 valence electrons. The molecule has 0 aliphatic rings. The van der Waals surface area contributed by atoms with Crippen molar-refractivity contribution in [1.29, 1.82) is 0 Å². The first-order valence-corrected chi connectivity index (χ1v) is 8.05. The lowest BCUT2D eigenvalue weighted by atomic mass is 10.0. The van der Waals surface area contributed by atoms with Crippen molar-refractivity contribution >= 4 is 15.9 Å². The smallest absolute Gasteiger partial charge is 0.206 e. The Kier molecular flexibility index (Phi) is 6.00. The topological polar surface area (TPSA) is 27.7 Å². The fourth-order valence-corrected chi connectivity index (χ4v) is 3.04. The van der Waals surface area contributed by atoms with E-state index >= 15 is 0 Å². The van der Waals surface area contributed by atoms with Crippen LogP contribution in [-0.2, 0) is 21.9 Å². The number of ether oxygens (including phenoxy) is 3. The maximum Gasteiger partial charge on any atom is 0.206 e. The van der Waals surface area contributed by atoms with E-state index in [1.54, 1.807) is 14.2 Å². The lowest BCUT2D eigenvalue weighted by Crippen LogP contribution is -2.38. The average Bonchev–Trinajstić information content (AvgIpc) is 2.56. The number of hydrogen-bond donors (Lipinski definition) is 0. The zero-order chi connectivity index (χ0) is 16.0. The van der Waals surface area contributed by atoms with Gasteiger partial charge in [-0.2, -0.15) is 0 Å². The zero-order valence-corrected chi connectivity index (χ0v) is 14.7. The zero-order valence-electron chi connectivity index (χ0n) is 13.1. The number of alkyl halides is 1. The maximum atomic E-state index is 5.79. The van der Waals surface area contributed by atoms with Crippen LogP contribution in [0.5, 0.6) is 5.75 Å². The number of rotatable bonds is 7. The van der Waals surface area contributed by atoms with Crippen LogP contribution in [0.25, 0.3) is 0 Å². The molecule has 22 heavy (non-hydrogen) atoms. The van der Waals surface area contributed by atoms with E-state index in [4.69, 9.17) is 14.2 Å². The number of benzene rings is 2. The Hall–Kier alpha value is -1.36. The molecule has 0 spiro atoms. The van der Waals surface area contributed by atoms with Crippen LogP contribution in [-0.4, -0.2) is 19.0 Å². The van der Waals surface area contributed by atoms with Gasteiger partial charge in [-0.1, -0.05) is 46.3 Å². The second kappa shape index (κ2) is 7.77. The Morgan fingerprint density at radius 1 is 0.955 bits per heavy atom. The fourth-order valence-electron chi connectivity index (χ4n) is 2.40. The van der Waals surface area contributed by atoms with E-state index in [2.05, 4.69) is 15.9 Å². The van der Waals surface area contributed by atoms with Crippen LogP contribution in [0, 0.1) is 0 Å². The largest absolute Gasteiger partial charge is 0.489 e. The van der Waals surface area contributed by atoms with E-state index in [1.807, 2.05) is 61.5 Å². The fraction of sp³-hybridized carbons (Fsp3) is 0.333. The van der Waals surface area contributed by atoms with Gasteiger partial charge in [-0.05, 0) is 36.8 Å². The predicted octanol–water partition coefficient (Wildman–Crippen LogP) is 4.49. The summed E-state index contributed by atoms with van der Waals surface area (Å²) in [7, 11) is 3.28. The molecule has 0 radical (unpaired) electrons. The van der Waals surface area contributed by atoms with Gasteiger partial charge in [0.15, 0.2) is 0 Å². The summed E-state index contributed by atoms with van der Waals surface area (Å²) < 4.78 is 17.0. The number of methoxy groups -OCH3 is 2. The summed E-state index contributed by atoms with van der Waals surface area (Å²) in [6.45, 7) is 2.54. The summed E-state index contributed by atoms with van der Waals surface area (Å²) in [6.07, 6.45) is 0. The SMILES string of the molecule is COC(OC)(c1ccc(OCc2ccccc2)cc1)C(C)Br. The Morgan fingerprint density at radius 3 is 2.05 bits per heavy atom. The molecule has 0 saturated carbocycles. The van der Waals surface area contributed by atoms with Crippen LogP contribution in [0.4, 0.5) is 0 Å². The van der Waals surface area contributed by atoms with Crippen LogP contribution in [0.15, 0.2) is 54.6 Å². The highest BCUT2D eigenvalue weighted by atomic mass is 79.9. The summed E-state index contributed by atoms with van der Waals surface area (Å²) in [5, 5.41) is 0. The Balaban J connectivity index is 2.09. The molecule has 0 heterocycles. The number of halogens is 1. The van der Waals surface area contributed by atoms with Crippen molar-refractivity contribution in [3.63, 3.8) is 0 Å². The van der Waals surface area contributed by atoms with Gasteiger partial charge in [0.25, 0.3) is 0 Å². The molecule has 2 aromatic rings. The lowest BCUT2D eigenvalue weighted by Gasteiger charge is -2.34. The van der Waals surface area contributed by atoms with Gasteiger partial charge < -0.3 is 14.2 Å². The van der Waals surface area contributed by atoms with Crippen molar-refractivity contribution in [2.24, 2.45) is 0 Å². The van der Waals surface area contributed by atoms with Crippen molar-refractivity contribution in [3.8, 4) is 5.75 Å². The highest BCUT2D eigenvalue weighted by molar-refractivity contribution is 9.09. The van der Waals surface area contributed by atoms with Crippen LogP contribution >= 0.6 is 15.9 Å². The Bertz CT molecular complexity index is 563. The first-order chi connectivity index (χ1) is 10.6. The predicted molar refractivity (Wildman–Crippen MR) is 91.3 cm³/mol. The molecular formula is C18H21BrO3. The van der Waals surface area contributed by atoms with Crippen molar-refractivity contribution in [1.82, 2.24) is 0 Å². The van der Waals surface area contributed by atoms with Crippen molar-refractivity contribution in [3.05, 3.63) is 65.7 Å². The monoisotopic (exact) mass is 364 g/mol. The van der Waals surface area contributed by atoms with E-state index in [0.29, 0.717) is 6.61 Å². The molecule has 0 fully saturated rings. The summed E-state index contributed by atoms with van der Waals surface area (Å²) in [4.78, 5) is 0.00564. The Morgan fingerprint density at radius 2 is 1.55 bits per heavy atom. The summed E-state index contributed by atoms with van der Waals surface area (Å²) in [6, 6.07) is 17.9. The minimum absolute atomic E-state index is 0.00564. The van der Waals surface area contributed by atoms with Crippen molar-refractivity contribution in [2.75, 3.05) is 14.2 Å². The molecule has 0 N–H and O–H groups in total. The first-order valence-electron chi connectivity index (χ1n) is 7.14. The third kappa shape index (κ3) is 3.69. The molecule has 3 nitrogen and oxygen atoms in total. The van der Waals surface area contributed by atoms with E-state index < -0.39 is 5.79 Å². The van der Waals surface area contributed by atoms with Gasteiger partial charge in [-0.3, -0.25) is 0 Å². The molecule has 1 atom stereocenters. The Labute approximate surface area is 140 Å². The molecular weight excluding hydrogens is 344 g/mol. The van der Waals surface area contributed by atoms with Gasteiger partial charge in [0.1, 0.15) is 12.4 Å². The van der Waals surface area contributed by atoms with Crippen molar-refractivity contribution < 1.29 is 14.2 Å². The van der Waals surface area contributed by atoms with Gasteiger partial charge in [0.05, 0.1) is 4.83 Å². The van der Waals surface area contributed by atoms with E-state index in [9.17, 15) is 0 Å². The quantitative estimate of drug-likeness (QED) is 0.534. The highest BCUT2D eigenvalue weighted by Crippen LogP contribution is 2.34. The molecule has 0 aromatic heterocycles. The van der Waals surface area contributed by atoms with E-state index in [0.717, 1.165) is 16.9 Å². The van der Waals surface area contributed by atoms with E-state index in [1.165, 1.54) is 0 Å². The average molecular weight is 365 g/mol. The van der Waals surface area contributed by atoms with Crippen molar-refractivity contribution in [2.45, 2.75) is 24.1 Å². The normalized spacial score (nSPS) is 12.9. The molecule has 1 unspecified atom stereocenters. The second-order valence-electron chi connectivity index (χ2n) is 4.99. The third-order valence-electron chi connectivity index (χ3n) is 3.64. The molecule has 0 aliphatic heterocycles. The second-order valence-corrected chi connectivity index (χ2v) is 6.36. The molecule has 2 aromatic carbocycles. The van der Waals surface area contributed by atoms with Crippen LogP contribution < -0.4 is 4.74 Å². The van der Waals surface area contributed by atoms with Crippen LogP contribution in [0.3, 0.4) is 0 Å². The van der Waals surface area contributed by atoms with Gasteiger partial charge in [-0.15, -0.1) is 0 Å². The summed E-state index contributed by atoms with van der Waals surface area (Å²) >= 11 is 3.55. The first kappa shape index (κ1) is 17.0. The van der Waals surface area contributed by atoms with Crippen LogP contribution in [0.2, 0.25) is 0 Å². The summed E-state index contributed by atoms with van der Waals surface area (Å²) in [5.41, 5.74) is 2.08. The maximum absolute atomic E-state index is 5.79. The molecule has 0 saturated heterocycles. The van der Waals surface area contributed by atoms with Gasteiger partial charge in [0, 0.05) is 19.8 Å². The molecule has 0 amide bonds. The lowest BCUT2D eigenvalue weighted by molar-refractivity contribution is -0.212. The van der Waals surface area contributed by atoms with Gasteiger partial charge in [-0.25, -0.2) is 0 Å². The molecule has 4 heteroatoms. The van der Waals surface area contributed by atoms with Gasteiger partial charge in [0.2, 0.25) is 5.79 Å². The summed E-state index contributed by atoms with van der Waals surface area (Å²) in [5.74, 6) is 0.00810. The minimum atomic E-state index is -0.808. The van der Waals surface area contributed by atoms with E-state index in [-0.39, 0.29) is 4.83 Å². The molecule has 0 bridgehead atoms. The third-order valence-corrected chi connectivity index (χ3v) is 4.24. The van der Waals surface area contributed by atoms with Crippen LogP contribution in [0.1, 0.15) is 18.1 Å². The standard InChI is InChI=1S/C18H21BrO3/c1-14(19)18(20-2,21-3)16-9-11-17(12-10-16)22-13-15-7-5-4-6-8-15/h4-12,14H,13H2,1-3H3. The highest BCUT2D eigenvalue weighted by Gasteiger charge is 2.37. The molecule has 0 aliphatic carbocycles. The minimum Gasteiger partial charge on any atom is -0.489 e. The van der Waals surface area contributed by atoms with Gasteiger partial charge >= 0.3 is 0 Å².